The van der Waals surface area contributed by atoms with Crippen LogP contribution in [0.2, 0.25) is 0 Å². The molecule has 1 aromatic rings. The molecule has 0 saturated heterocycles. The number of ether oxygens (including phenoxy) is 1. The Hall–Kier alpha value is -0.430. The van der Waals surface area contributed by atoms with E-state index in [1.165, 1.54) is 18.4 Å². The number of hydrogen-bond acceptors (Lipinski definition) is 3. The maximum atomic E-state index is 11.9. The van der Waals surface area contributed by atoms with Crippen molar-refractivity contribution in [3.05, 3.63) is 29.8 Å². The fraction of sp³-hybridized carbons (Fsp3) is 0.500. The van der Waals surface area contributed by atoms with E-state index >= 15 is 0 Å². The Kier molecular flexibility index (Phi) is 5.78. The van der Waals surface area contributed by atoms with Crippen molar-refractivity contribution >= 4 is 26.0 Å². The molecule has 18 heavy (non-hydrogen) atoms. The van der Waals surface area contributed by atoms with Crippen LogP contribution >= 0.6 is 15.9 Å². The highest BCUT2D eigenvalue weighted by atomic mass is 79.9. The lowest BCUT2D eigenvalue weighted by atomic mass is 10.1. The van der Waals surface area contributed by atoms with Crippen molar-refractivity contribution in [3.8, 4) is 0 Å². The summed E-state index contributed by atoms with van der Waals surface area (Å²) in [5, 5.41) is 0. The second-order valence-electron chi connectivity index (χ2n) is 4.19. The third-order valence-corrected chi connectivity index (χ3v) is 4.92. The van der Waals surface area contributed by atoms with Crippen LogP contribution < -0.4 is 0 Å². The molecule has 0 amide bonds. The van der Waals surface area contributed by atoms with E-state index in [1.807, 2.05) is 12.1 Å². The molecule has 4 nitrogen and oxygen atoms in total. The van der Waals surface area contributed by atoms with Crippen molar-refractivity contribution in [2.24, 2.45) is 0 Å². The third kappa shape index (κ3) is 4.05. The molecule has 102 valence electrons. The predicted octanol–water partition coefficient (Wildman–Crippen LogP) is 1.89. The zero-order valence-corrected chi connectivity index (χ0v) is 13.2. The monoisotopic (exact) mass is 335 g/mol. The normalized spacial score (nSPS) is 13.8. The Labute approximate surface area is 117 Å². The molecule has 0 saturated carbocycles. The first-order valence-electron chi connectivity index (χ1n) is 5.52. The number of sulfonamides is 1. The van der Waals surface area contributed by atoms with E-state index in [4.69, 9.17) is 4.74 Å². The average Bonchev–Trinajstić information content (AvgIpc) is 2.29. The van der Waals surface area contributed by atoms with Gasteiger partial charge in [0.25, 0.3) is 0 Å². The summed E-state index contributed by atoms with van der Waals surface area (Å²) in [6, 6.07) is 6.94. The smallest absolute Gasteiger partial charge is 0.242 e. The molecular formula is C12H18BrNO3S. The molecule has 0 N–H and O–H groups in total. The van der Waals surface area contributed by atoms with Gasteiger partial charge in [0.2, 0.25) is 10.0 Å². The number of hydrogen-bond donors (Lipinski definition) is 0. The van der Waals surface area contributed by atoms with Crippen LogP contribution in [0.5, 0.6) is 0 Å². The van der Waals surface area contributed by atoms with E-state index in [1.54, 1.807) is 19.2 Å². The number of rotatable bonds is 6. The van der Waals surface area contributed by atoms with Crippen LogP contribution in [0.15, 0.2) is 29.2 Å². The van der Waals surface area contributed by atoms with Gasteiger partial charge in [-0.15, -0.1) is 0 Å². The summed E-state index contributed by atoms with van der Waals surface area (Å²) in [4.78, 5) is 0.549. The van der Waals surface area contributed by atoms with Gasteiger partial charge in [0.1, 0.15) is 0 Å². The average molecular weight is 336 g/mol. The minimum atomic E-state index is -3.34. The molecule has 0 aromatic heterocycles. The van der Waals surface area contributed by atoms with Crippen molar-refractivity contribution in [1.82, 2.24) is 4.31 Å². The van der Waals surface area contributed by atoms with E-state index in [9.17, 15) is 8.42 Å². The summed E-state index contributed by atoms with van der Waals surface area (Å²) in [5.74, 6) is 0. The molecule has 0 aliphatic heterocycles. The molecule has 1 aromatic carbocycles. The quantitative estimate of drug-likeness (QED) is 0.746. The van der Waals surface area contributed by atoms with Gasteiger partial charge in [-0.2, -0.15) is 0 Å². The molecule has 0 aliphatic rings. The van der Waals surface area contributed by atoms with Crippen LogP contribution in [-0.4, -0.2) is 45.4 Å². The molecule has 6 heteroatoms. The van der Waals surface area contributed by atoms with Gasteiger partial charge in [-0.25, -0.2) is 12.7 Å². The van der Waals surface area contributed by atoms with E-state index in [0.717, 1.165) is 12.0 Å². The van der Waals surface area contributed by atoms with Crippen LogP contribution in [0, 0.1) is 0 Å². The predicted molar refractivity (Wildman–Crippen MR) is 75.6 cm³/mol. The van der Waals surface area contributed by atoms with E-state index in [-0.39, 0.29) is 4.83 Å². The van der Waals surface area contributed by atoms with Crippen LogP contribution in [-0.2, 0) is 21.2 Å². The molecule has 0 bridgehead atoms. The van der Waals surface area contributed by atoms with E-state index in [2.05, 4.69) is 15.9 Å². The lowest BCUT2D eigenvalue weighted by Gasteiger charge is -2.12. The SMILES string of the molecule is COCC(Br)Cc1ccc(S(=O)(=O)N(C)C)cc1. The maximum absolute atomic E-state index is 11.9. The summed E-state index contributed by atoms with van der Waals surface area (Å²) < 4.78 is 30.0. The third-order valence-electron chi connectivity index (χ3n) is 2.51. The second-order valence-corrected chi connectivity index (χ2v) is 7.63. The van der Waals surface area contributed by atoms with Crippen LogP contribution in [0.3, 0.4) is 0 Å². The van der Waals surface area contributed by atoms with Crippen LogP contribution in [0.25, 0.3) is 0 Å². The summed E-state index contributed by atoms with van der Waals surface area (Å²) in [5.41, 5.74) is 1.08. The Morgan fingerprint density at radius 3 is 2.28 bits per heavy atom. The Morgan fingerprint density at radius 2 is 1.83 bits per heavy atom. The molecule has 0 heterocycles. The summed E-state index contributed by atoms with van der Waals surface area (Å²) in [7, 11) is 1.37. The Balaban J connectivity index is 2.81. The van der Waals surface area contributed by atoms with Gasteiger partial charge in [-0.1, -0.05) is 28.1 Å². The minimum Gasteiger partial charge on any atom is -0.384 e. The highest BCUT2D eigenvalue weighted by Crippen LogP contribution is 2.16. The van der Waals surface area contributed by atoms with Crippen molar-refractivity contribution in [1.29, 1.82) is 0 Å². The molecule has 1 atom stereocenters. The highest BCUT2D eigenvalue weighted by Gasteiger charge is 2.16. The van der Waals surface area contributed by atoms with E-state index in [0.29, 0.717) is 11.5 Å². The second kappa shape index (κ2) is 6.65. The fourth-order valence-corrected chi connectivity index (χ4v) is 3.04. The summed E-state index contributed by atoms with van der Waals surface area (Å²) in [6.45, 7) is 0.623. The van der Waals surface area contributed by atoms with Crippen molar-refractivity contribution in [2.45, 2.75) is 16.1 Å². The number of halogens is 1. The Bertz CT molecular complexity index is 471. The minimum absolute atomic E-state index is 0.235. The molecule has 0 radical (unpaired) electrons. The standard InChI is InChI=1S/C12H18BrNO3S/c1-14(2)18(15,16)12-6-4-10(5-7-12)8-11(13)9-17-3/h4-7,11H,8-9H2,1-3H3. The first-order valence-corrected chi connectivity index (χ1v) is 7.88. The van der Waals surface area contributed by atoms with Gasteiger partial charge in [-0.3, -0.25) is 0 Å². The topological polar surface area (TPSA) is 46.6 Å². The zero-order valence-electron chi connectivity index (χ0n) is 10.8. The van der Waals surface area contributed by atoms with Crippen molar-refractivity contribution in [3.63, 3.8) is 0 Å². The van der Waals surface area contributed by atoms with Gasteiger partial charge in [0.15, 0.2) is 0 Å². The van der Waals surface area contributed by atoms with Gasteiger partial charge in [0, 0.05) is 26.0 Å². The van der Waals surface area contributed by atoms with Gasteiger partial charge in [-0.05, 0) is 24.1 Å². The Morgan fingerprint density at radius 1 is 1.28 bits per heavy atom. The maximum Gasteiger partial charge on any atom is 0.242 e. The summed E-state index contributed by atoms with van der Waals surface area (Å²) >= 11 is 3.50. The number of methoxy groups -OCH3 is 1. The fourth-order valence-electron chi connectivity index (χ4n) is 1.50. The lowest BCUT2D eigenvalue weighted by Crippen LogP contribution is -2.22. The molecule has 0 spiro atoms. The molecule has 1 unspecified atom stereocenters. The van der Waals surface area contributed by atoms with Crippen molar-refractivity contribution in [2.75, 3.05) is 27.8 Å². The number of nitrogens with zero attached hydrogens (tertiary/aromatic N) is 1. The molecular weight excluding hydrogens is 318 g/mol. The lowest BCUT2D eigenvalue weighted by molar-refractivity contribution is 0.200. The first kappa shape index (κ1) is 15.6. The van der Waals surface area contributed by atoms with Gasteiger partial charge in [0.05, 0.1) is 11.5 Å². The van der Waals surface area contributed by atoms with Crippen LogP contribution in [0.1, 0.15) is 5.56 Å². The van der Waals surface area contributed by atoms with Crippen molar-refractivity contribution < 1.29 is 13.2 Å². The zero-order chi connectivity index (χ0) is 13.8. The van der Waals surface area contributed by atoms with Gasteiger partial charge >= 0.3 is 0 Å². The molecule has 0 fully saturated rings. The largest absolute Gasteiger partial charge is 0.384 e. The highest BCUT2D eigenvalue weighted by molar-refractivity contribution is 9.09. The van der Waals surface area contributed by atoms with Crippen LogP contribution in [0.4, 0.5) is 0 Å². The van der Waals surface area contributed by atoms with Gasteiger partial charge < -0.3 is 4.74 Å². The summed E-state index contributed by atoms with van der Waals surface area (Å²) in [6.07, 6.45) is 0.802. The molecule has 0 aliphatic carbocycles. The number of benzene rings is 1. The first-order chi connectivity index (χ1) is 8.37. The molecule has 1 rings (SSSR count). The number of alkyl halides is 1. The van der Waals surface area contributed by atoms with E-state index < -0.39 is 10.0 Å².